The maximum absolute atomic E-state index is 13.4. The van der Waals surface area contributed by atoms with Crippen molar-refractivity contribution in [1.82, 2.24) is 0 Å². The summed E-state index contributed by atoms with van der Waals surface area (Å²) in [4.78, 5) is 0. The summed E-state index contributed by atoms with van der Waals surface area (Å²) < 4.78 is 13.4. The Bertz CT molecular complexity index is 371. The number of rotatable bonds is 3. The Morgan fingerprint density at radius 1 is 1.33 bits per heavy atom. The van der Waals surface area contributed by atoms with Crippen LogP contribution in [-0.2, 0) is 6.42 Å². The molecule has 0 spiro atoms. The lowest BCUT2D eigenvalue weighted by atomic mass is 9.99. The Hall–Kier alpha value is -1.15. The summed E-state index contributed by atoms with van der Waals surface area (Å²) in [6, 6.07) is 6.85. The maximum Gasteiger partial charge on any atom is 0.126 e. The first-order valence-corrected chi connectivity index (χ1v) is 5.45. The Kier molecular flexibility index (Phi) is 3.17. The van der Waals surface area contributed by atoms with E-state index in [4.69, 9.17) is 5.73 Å². The zero-order valence-corrected chi connectivity index (χ0v) is 8.75. The van der Waals surface area contributed by atoms with Crippen LogP contribution >= 0.6 is 0 Å². The van der Waals surface area contributed by atoms with Crippen molar-refractivity contribution in [2.75, 3.05) is 0 Å². The molecule has 2 rings (SSSR count). The van der Waals surface area contributed by atoms with Crippen molar-refractivity contribution < 1.29 is 4.39 Å². The van der Waals surface area contributed by atoms with Gasteiger partial charge in [-0.25, -0.2) is 4.39 Å². The third-order valence-electron chi connectivity index (χ3n) is 2.95. The van der Waals surface area contributed by atoms with E-state index in [1.807, 2.05) is 12.1 Å². The van der Waals surface area contributed by atoms with Gasteiger partial charge < -0.3 is 5.73 Å². The van der Waals surface area contributed by atoms with Crippen LogP contribution in [0.1, 0.15) is 24.8 Å². The van der Waals surface area contributed by atoms with E-state index in [2.05, 4.69) is 6.08 Å². The van der Waals surface area contributed by atoms with Gasteiger partial charge in [0.1, 0.15) is 5.82 Å². The molecule has 0 bridgehead atoms. The molecule has 0 radical (unpaired) electrons. The van der Waals surface area contributed by atoms with Crippen LogP contribution in [0, 0.1) is 5.82 Å². The Labute approximate surface area is 89.8 Å². The predicted molar refractivity (Wildman–Crippen MR) is 60.0 cm³/mol. The number of halogens is 1. The molecule has 0 heterocycles. The van der Waals surface area contributed by atoms with E-state index in [1.165, 1.54) is 18.1 Å². The predicted octanol–water partition coefficient (Wildman–Crippen LogP) is 2.81. The van der Waals surface area contributed by atoms with Crippen LogP contribution in [-0.4, -0.2) is 6.04 Å². The Morgan fingerprint density at radius 2 is 2.13 bits per heavy atom. The van der Waals surface area contributed by atoms with Crippen molar-refractivity contribution in [3.8, 4) is 0 Å². The molecule has 0 fully saturated rings. The number of benzene rings is 1. The van der Waals surface area contributed by atoms with Crippen LogP contribution in [0.5, 0.6) is 0 Å². The van der Waals surface area contributed by atoms with Crippen LogP contribution in [0.4, 0.5) is 4.39 Å². The van der Waals surface area contributed by atoms with Crippen molar-refractivity contribution in [3.63, 3.8) is 0 Å². The lowest BCUT2D eigenvalue weighted by molar-refractivity contribution is 0.597. The average molecular weight is 205 g/mol. The van der Waals surface area contributed by atoms with Gasteiger partial charge >= 0.3 is 0 Å². The normalized spacial score (nSPS) is 17.6. The zero-order chi connectivity index (χ0) is 10.7. The van der Waals surface area contributed by atoms with Gasteiger partial charge in [-0.15, -0.1) is 0 Å². The van der Waals surface area contributed by atoms with Gasteiger partial charge in [0, 0.05) is 6.04 Å². The van der Waals surface area contributed by atoms with Crippen LogP contribution in [0.2, 0.25) is 0 Å². The lowest BCUT2D eigenvalue weighted by Crippen LogP contribution is -2.25. The molecule has 1 nitrogen and oxygen atoms in total. The highest BCUT2D eigenvalue weighted by Crippen LogP contribution is 2.22. The Morgan fingerprint density at radius 3 is 2.80 bits per heavy atom. The highest BCUT2D eigenvalue weighted by Gasteiger charge is 2.14. The van der Waals surface area contributed by atoms with Crippen LogP contribution < -0.4 is 5.73 Å². The third-order valence-corrected chi connectivity index (χ3v) is 2.95. The van der Waals surface area contributed by atoms with E-state index in [9.17, 15) is 4.39 Å². The smallest absolute Gasteiger partial charge is 0.126 e. The molecule has 15 heavy (non-hydrogen) atoms. The maximum atomic E-state index is 13.4. The second kappa shape index (κ2) is 4.58. The standard InChI is InChI=1S/C13H16FN/c14-12-8-4-3-7-11(12)9-13(15)10-5-1-2-6-10/h3-5,7-8,13H,1-2,6,9,15H2. The monoisotopic (exact) mass is 205 g/mol. The summed E-state index contributed by atoms with van der Waals surface area (Å²) in [7, 11) is 0. The molecule has 80 valence electrons. The molecule has 2 heteroatoms. The number of allylic oxidation sites excluding steroid dienone is 1. The van der Waals surface area contributed by atoms with Crippen molar-refractivity contribution in [2.24, 2.45) is 5.73 Å². The van der Waals surface area contributed by atoms with Gasteiger partial charge in [0.25, 0.3) is 0 Å². The summed E-state index contributed by atoms with van der Waals surface area (Å²) in [5, 5.41) is 0. The fraction of sp³-hybridized carbons (Fsp3) is 0.385. The summed E-state index contributed by atoms with van der Waals surface area (Å²) in [5.74, 6) is -0.147. The molecular formula is C13H16FN. The summed E-state index contributed by atoms with van der Waals surface area (Å²) in [6.45, 7) is 0. The fourth-order valence-corrected chi connectivity index (χ4v) is 2.06. The van der Waals surface area contributed by atoms with Gasteiger partial charge in [-0.05, 0) is 37.3 Å². The van der Waals surface area contributed by atoms with E-state index < -0.39 is 0 Å². The lowest BCUT2D eigenvalue weighted by Gasteiger charge is -2.13. The molecule has 0 aliphatic heterocycles. The molecule has 0 aromatic heterocycles. The van der Waals surface area contributed by atoms with Gasteiger partial charge in [0.05, 0.1) is 0 Å². The molecule has 0 saturated carbocycles. The molecule has 1 aromatic rings. The van der Waals surface area contributed by atoms with Gasteiger partial charge in [-0.2, -0.15) is 0 Å². The summed E-state index contributed by atoms with van der Waals surface area (Å²) >= 11 is 0. The molecule has 1 aromatic carbocycles. The minimum absolute atomic E-state index is 0.00981. The molecule has 1 unspecified atom stereocenters. The van der Waals surface area contributed by atoms with Crippen molar-refractivity contribution in [1.29, 1.82) is 0 Å². The molecule has 1 atom stereocenters. The number of nitrogens with two attached hydrogens (primary N) is 1. The van der Waals surface area contributed by atoms with Gasteiger partial charge in [0.15, 0.2) is 0 Å². The fourth-order valence-electron chi connectivity index (χ4n) is 2.06. The topological polar surface area (TPSA) is 26.0 Å². The molecule has 2 N–H and O–H groups in total. The molecular weight excluding hydrogens is 189 g/mol. The van der Waals surface area contributed by atoms with Gasteiger partial charge in [-0.3, -0.25) is 0 Å². The van der Waals surface area contributed by atoms with E-state index in [-0.39, 0.29) is 11.9 Å². The quantitative estimate of drug-likeness (QED) is 0.754. The van der Waals surface area contributed by atoms with Crippen molar-refractivity contribution >= 4 is 0 Å². The molecule has 0 amide bonds. The summed E-state index contributed by atoms with van der Waals surface area (Å²) in [5.41, 5.74) is 8.06. The SMILES string of the molecule is NC(Cc1ccccc1F)C1=CCCC1. The van der Waals surface area contributed by atoms with E-state index in [0.717, 1.165) is 18.4 Å². The first-order chi connectivity index (χ1) is 7.27. The largest absolute Gasteiger partial charge is 0.324 e. The average Bonchev–Trinajstić information content (AvgIpc) is 2.74. The van der Waals surface area contributed by atoms with Gasteiger partial charge in [0.2, 0.25) is 0 Å². The van der Waals surface area contributed by atoms with E-state index >= 15 is 0 Å². The van der Waals surface area contributed by atoms with Crippen LogP contribution in [0.3, 0.4) is 0 Å². The minimum Gasteiger partial charge on any atom is -0.324 e. The first kappa shape index (κ1) is 10.4. The van der Waals surface area contributed by atoms with E-state index in [0.29, 0.717) is 6.42 Å². The van der Waals surface area contributed by atoms with E-state index in [1.54, 1.807) is 6.07 Å². The highest BCUT2D eigenvalue weighted by atomic mass is 19.1. The third kappa shape index (κ3) is 2.45. The second-order valence-corrected chi connectivity index (χ2v) is 4.07. The number of hydrogen-bond acceptors (Lipinski definition) is 1. The zero-order valence-electron chi connectivity index (χ0n) is 8.75. The Balaban J connectivity index is 2.05. The molecule has 1 aliphatic carbocycles. The summed E-state index contributed by atoms with van der Waals surface area (Å²) in [6.07, 6.45) is 6.21. The van der Waals surface area contributed by atoms with Crippen molar-refractivity contribution in [2.45, 2.75) is 31.7 Å². The van der Waals surface area contributed by atoms with Crippen LogP contribution in [0.25, 0.3) is 0 Å². The molecule has 0 saturated heterocycles. The van der Waals surface area contributed by atoms with Crippen LogP contribution in [0.15, 0.2) is 35.9 Å². The first-order valence-electron chi connectivity index (χ1n) is 5.45. The minimum atomic E-state index is -0.147. The van der Waals surface area contributed by atoms with Crippen molar-refractivity contribution in [3.05, 3.63) is 47.3 Å². The highest BCUT2D eigenvalue weighted by molar-refractivity contribution is 5.23. The second-order valence-electron chi connectivity index (χ2n) is 4.07. The van der Waals surface area contributed by atoms with Gasteiger partial charge in [-0.1, -0.05) is 29.8 Å². The number of hydrogen-bond donors (Lipinski definition) is 1. The molecule has 1 aliphatic rings.